The number of carbonyl (C=O) groups is 1. The quantitative estimate of drug-likeness (QED) is 0.783. The lowest BCUT2D eigenvalue weighted by molar-refractivity contribution is -0.126. The van der Waals surface area contributed by atoms with E-state index in [1.54, 1.807) is 0 Å². The molecule has 0 bridgehead atoms. The minimum Gasteiger partial charge on any atom is -0.355 e. The van der Waals surface area contributed by atoms with Crippen LogP contribution in [0.5, 0.6) is 0 Å². The van der Waals surface area contributed by atoms with Crippen molar-refractivity contribution in [2.75, 3.05) is 26.2 Å². The molecule has 3 rings (SSSR count). The number of rotatable bonds is 6. The Morgan fingerprint density at radius 2 is 1.88 bits per heavy atom. The van der Waals surface area contributed by atoms with Gasteiger partial charge in [-0.05, 0) is 69.4 Å². The lowest BCUT2D eigenvalue weighted by atomic mass is 9.78. The lowest BCUT2D eigenvalue weighted by Gasteiger charge is -2.29. The molecule has 2 aliphatic rings. The van der Waals surface area contributed by atoms with E-state index in [4.69, 9.17) is 11.6 Å². The van der Waals surface area contributed by atoms with Crippen LogP contribution in [0.1, 0.15) is 56.9 Å². The van der Waals surface area contributed by atoms with Crippen LogP contribution < -0.4 is 5.32 Å². The summed E-state index contributed by atoms with van der Waals surface area (Å²) < 4.78 is 0. The Hall–Kier alpha value is -1.06. The van der Waals surface area contributed by atoms with E-state index in [2.05, 4.69) is 16.3 Å². The number of likely N-dealkylation sites (tertiary alicyclic amines) is 1. The fraction of sp³-hybridized carbons (Fsp3) is 0.650. The van der Waals surface area contributed by atoms with Gasteiger partial charge in [-0.3, -0.25) is 4.79 Å². The standard InChI is InChI=1S/C20H29ClN2O/c21-18-9-6-8-17(16-18)20(10-2-3-11-20)19(24)22-12-7-15-23-13-4-1-5-14-23/h6,8-9,16H,1-5,7,10-15H2,(H,22,24). The Morgan fingerprint density at radius 1 is 1.12 bits per heavy atom. The van der Waals surface area contributed by atoms with Gasteiger partial charge in [-0.15, -0.1) is 0 Å². The first-order valence-electron chi connectivity index (χ1n) is 9.47. The summed E-state index contributed by atoms with van der Waals surface area (Å²) in [5.41, 5.74) is 0.719. The van der Waals surface area contributed by atoms with Gasteiger partial charge in [0.05, 0.1) is 5.41 Å². The highest BCUT2D eigenvalue weighted by atomic mass is 35.5. The van der Waals surface area contributed by atoms with Gasteiger partial charge in [-0.1, -0.05) is 43.0 Å². The molecule has 4 heteroatoms. The Balaban J connectivity index is 1.55. The molecule has 3 nitrogen and oxygen atoms in total. The van der Waals surface area contributed by atoms with Gasteiger partial charge < -0.3 is 10.2 Å². The van der Waals surface area contributed by atoms with Gasteiger partial charge in [0.15, 0.2) is 0 Å². The van der Waals surface area contributed by atoms with E-state index in [0.717, 1.165) is 55.8 Å². The van der Waals surface area contributed by atoms with E-state index in [-0.39, 0.29) is 11.3 Å². The van der Waals surface area contributed by atoms with Crippen LogP contribution in [0.2, 0.25) is 5.02 Å². The van der Waals surface area contributed by atoms with Crippen LogP contribution in [-0.2, 0) is 10.2 Å². The molecule has 132 valence electrons. The van der Waals surface area contributed by atoms with Gasteiger partial charge in [-0.2, -0.15) is 0 Å². The number of nitrogens with one attached hydrogen (secondary N) is 1. The summed E-state index contributed by atoms with van der Waals surface area (Å²) in [6, 6.07) is 7.87. The largest absolute Gasteiger partial charge is 0.355 e. The molecular formula is C20H29ClN2O. The molecule has 0 spiro atoms. The molecule has 0 aromatic heterocycles. The van der Waals surface area contributed by atoms with Crippen molar-refractivity contribution < 1.29 is 4.79 Å². The topological polar surface area (TPSA) is 32.3 Å². The summed E-state index contributed by atoms with van der Waals surface area (Å²) >= 11 is 6.17. The molecule has 1 aromatic rings. The average molecular weight is 349 g/mol. The molecule has 0 atom stereocenters. The summed E-state index contributed by atoms with van der Waals surface area (Å²) in [4.78, 5) is 15.5. The second-order valence-electron chi connectivity index (χ2n) is 7.31. The predicted octanol–water partition coefficient (Wildman–Crippen LogP) is 4.14. The van der Waals surface area contributed by atoms with Gasteiger partial charge >= 0.3 is 0 Å². The third kappa shape index (κ3) is 4.12. The highest BCUT2D eigenvalue weighted by Crippen LogP contribution is 2.42. The molecule has 24 heavy (non-hydrogen) atoms. The highest BCUT2D eigenvalue weighted by molar-refractivity contribution is 6.30. The van der Waals surface area contributed by atoms with Crippen LogP contribution in [0.25, 0.3) is 0 Å². The maximum absolute atomic E-state index is 13.0. The first kappa shape index (κ1) is 17.8. The minimum absolute atomic E-state index is 0.195. The lowest BCUT2D eigenvalue weighted by Crippen LogP contribution is -2.43. The molecule has 0 radical (unpaired) electrons. The Morgan fingerprint density at radius 3 is 2.58 bits per heavy atom. The van der Waals surface area contributed by atoms with Crippen molar-refractivity contribution in [1.29, 1.82) is 0 Å². The van der Waals surface area contributed by atoms with E-state index in [1.807, 2.05) is 18.2 Å². The monoisotopic (exact) mass is 348 g/mol. The van der Waals surface area contributed by atoms with Gasteiger partial charge in [-0.25, -0.2) is 0 Å². The zero-order valence-electron chi connectivity index (χ0n) is 14.5. The molecule has 1 saturated carbocycles. The fourth-order valence-electron chi connectivity index (χ4n) is 4.27. The number of amides is 1. The van der Waals surface area contributed by atoms with E-state index >= 15 is 0 Å². The van der Waals surface area contributed by atoms with Crippen LogP contribution in [-0.4, -0.2) is 37.0 Å². The third-order valence-corrected chi connectivity index (χ3v) is 5.89. The number of hydrogen-bond donors (Lipinski definition) is 1. The van der Waals surface area contributed by atoms with Gasteiger partial charge in [0.25, 0.3) is 0 Å². The zero-order valence-corrected chi connectivity index (χ0v) is 15.3. The fourth-order valence-corrected chi connectivity index (χ4v) is 4.46. The van der Waals surface area contributed by atoms with Crippen molar-refractivity contribution in [2.45, 2.75) is 56.8 Å². The van der Waals surface area contributed by atoms with Gasteiger partial charge in [0, 0.05) is 11.6 Å². The number of piperidine rings is 1. The molecule has 2 fully saturated rings. The van der Waals surface area contributed by atoms with E-state index < -0.39 is 0 Å². The summed E-state index contributed by atoms with van der Waals surface area (Å²) in [7, 11) is 0. The van der Waals surface area contributed by atoms with Crippen molar-refractivity contribution in [2.24, 2.45) is 0 Å². The number of benzene rings is 1. The summed E-state index contributed by atoms with van der Waals surface area (Å²) in [5.74, 6) is 0.195. The number of nitrogens with zero attached hydrogens (tertiary/aromatic N) is 1. The summed E-state index contributed by atoms with van der Waals surface area (Å²) in [6.45, 7) is 4.32. The molecule has 1 N–H and O–H groups in total. The van der Waals surface area contributed by atoms with Crippen LogP contribution >= 0.6 is 11.6 Å². The first-order valence-corrected chi connectivity index (χ1v) is 9.85. The molecule has 1 saturated heterocycles. The van der Waals surface area contributed by atoms with Crippen LogP contribution in [0.15, 0.2) is 24.3 Å². The molecular weight excluding hydrogens is 320 g/mol. The maximum atomic E-state index is 13.0. The van der Waals surface area contributed by atoms with Gasteiger partial charge in [0.2, 0.25) is 5.91 Å². The zero-order chi connectivity index (χ0) is 16.8. The Labute approximate surface area is 150 Å². The smallest absolute Gasteiger partial charge is 0.230 e. The van der Waals surface area contributed by atoms with E-state index in [0.29, 0.717) is 0 Å². The predicted molar refractivity (Wildman–Crippen MR) is 99.5 cm³/mol. The molecule has 1 heterocycles. The molecule has 1 aliphatic heterocycles. The van der Waals surface area contributed by atoms with E-state index in [9.17, 15) is 4.79 Å². The maximum Gasteiger partial charge on any atom is 0.230 e. The summed E-state index contributed by atoms with van der Waals surface area (Å²) in [6.07, 6.45) is 9.17. The van der Waals surface area contributed by atoms with Crippen molar-refractivity contribution in [3.63, 3.8) is 0 Å². The van der Waals surface area contributed by atoms with Crippen molar-refractivity contribution >= 4 is 17.5 Å². The summed E-state index contributed by atoms with van der Waals surface area (Å²) in [5, 5.41) is 3.93. The van der Waals surface area contributed by atoms with Gasteiger partial charge in [0.1, 0.15) is 0 Å². The number of carbonyl (C=O) groups excluding carboxylic acids is 1. The third-order valence-electron chi connectivity index (χ3n) is 5.65. The average Bonchev–Trinajstić information content (AvgIpc) is 3.11. The highest BCUT2D eigenvalue weighted by Gasteiger charge is 2.42. The minimum atomic E-state index is -0.365. The molecule has 0 unspecified atom stereocenters. The second-order valence-corrected chi connectivity index (χ2v) is 7.75. The van der Waals surface area contributed by atoms with Crippen molar-refractivity contribution in [1.82, 2.24) is 10.2 Å². The SMILES string of the molecule is O=C(NCCCN1CCCCC1)C1(c2cccc(Cl)c2)CCCC1. The normalized spacial score (nSPS) is 20.9. The molecule has 1 aliphatic carbocycles. The number of hydrogen-bond acceptors (Lipinski definition) is 2. The molecule has 1 aromatic carbocycles. The van der Waals surface area contributed by atoms with Crippen LogP contribution in [0, 0.1) is 0 Å². The number of halogens is 1. The molecule has 1 amide bonds. The van der Waals surface area contributed by atoms with Crippen molar-refractivity contribution in [3.8, 4) is 0 Å². The first-order chi connectivity index (χ1) is 11.7. The second kappa shape index (κ2) is 8.35. The van der Waals surface area contributed by atoms with E-state index in [1.165, 1.54) is 32.4 Å². The van der Waals surface area contributed by atoms with Crippen molar-refractivity contribution in [3.05, 3.63) is 34.9 Å². The Kier molecular flexibility index (Phi) is 6.18. The van der Waals surface area contributed by atoms with Crippen LogP contribution in [0.4, 0.5) is 0 Å². The Bertz CT molecular complexity index is 548. The van der Waals surface area contributed by atoms with Crippen LogP contribution in [0.3, 0.4) is 0 Å².